The Labute approximate surface area is 124 Å². The van der Waals surface area contributed by atoms with E-state index >= 15 is 0 Å². The zero-order valence-corrected chi connectivity index (χ0v) is 12.9. The predicted molar refractivity (Wildman–Crippen MR) is 81.5 cm³/mol. The van der Waals surface area contributed by atoms with Crippen LogP contribution in [-0.4, -0.2) is 22.6 Å². The van der Waals surface area contributed by atoms with Gasteiger partial charge < -0.3 is 9.47 Å². The Morgan fingerprint density at radius 1 is 1.00 bits per heavy atom. The van der Waals surface area contributed by atoms with Gasteiger partial charge in [-0.1, -0.05) is 12.1 Å². The first-order chi connectivity index (χ1) is 9.96. The average Bonchev–Trinajstić information content (AvgIpc) is 2.47. The van der Waals surface area contributed by atoms with Gasteiger partial charge in [-0.2, -0.15) is 0 Å². The number of hydrogen-bond donors (Lipinski definition) is 1. The molecule has 0 bridgehead atoms. The van der Waals surface area contributed by atoms with Gasteiger partial charge in [-0.05, 0) is 36.8 Å². The van der Waals surface area contributed by atoms with Crippen molar-refractivity contribution in [3.05, 3.63) is 48.0 Å². The largest absolute Gasteiger partial charge is 0.497 e. The van der Waals surface area contributed by atoms with E-state index in [-0.39, 0.29) is 4.90 Å². The molecule has 2 rings (SSSR count). The van der Waals surface area contributed by atoms with Gasteiger partial charge in [0.15, 0.2) is 0 Å². The Hall–Kier alpha value is -2.21. The van der Waals surface area contributed by atoms with Gasteiger partial charge in [0.05, 0.1) is 24.8 Å². The van der Waals surface area contributed by atoms with Crippen molar-refractivity contribution in [2.24, 2.45) is 0 Å². The Kier molecular flexibility index (Phi) is 4.37. The Bertz CT molecular complexity index is 741. The number of hydrogen-bond acceptors (Lipinski definition) is 4. The van der Waals surface area contributed by atoms with Crippen molar-refractivity contribution in [2.75, 3.05) is 18.9 Å². The second kappa shape index (κ2) is 6.05. The maximum absolute atomic E-state index is 12.4. The van der Waals surface area contributed by atoms with E-state index in [1.165, 1.54) is 26.4 Å². The molecule has 6 heteroatoms. The third kappa shape index (κ3) is 3.46. The molecule has 21 heavy (non-hydrogen) atoms. The van der Waals surface area contributed by atoms with Crippen LogP contribution in [-0.2, 0) is 10.0 Å². The van der Waals surface area contributed by atoms with Crippen LogP contribution in [0.1, 0.15) is 5.56 Å². The lowest BCUT2D eigenvalue weighted by Gasteiger charge is -2.13. The van der Waals surface area contributed by atoms with Gasteiger partial charge in [-0.3, -0.25) is 4.72 Å². The highest BCUT2D eigenvalue weighted by molar-refractivity contribution is 7.92. The van der Waals surface area contributed by atoms with Crippen LogP contribution < -0.4 is 14.2 Å². The fourth-order valence-corrected chi connectivity index (χ4v) is 2.97. The summed E-state index contributed by atoms with van der Waals surface area (Å²) >= 11 is 0. The second-order valence-corrected chi connectivity index (χ2v) is 6.17. The standard InChI is InChI=1S/C15H17NO4S/c1-11-7-8-15(20-3)14(9-11)16-21(17,18)13-6-4-5-12(10-13)19-2/h4-10,16H,1-3H3. The molecule has 2 aromatic rings. The molecule has 0 radical (unpaired) electrons. The van der Waals surface area contributed by atoms with Crippen LogP contribution in [0.15, 0.2) is 47.4 Å². The Morgan fingerprint density at radius 3 is 2.43 bits per heavy atom. The maximum Gasteiger partial charge on any atom is 0.262 e. The summed E-state index contributed by atoms with van der Waals surface area (Å²) in [5.41, 5.74) is 1.33. The fraction of sp³-hybridized carbons (Fsp3) is 0.200. The number of rotatable bonds is 5. The average molecular weight is 307 g/mol. The molecular weight excluding hydrogens is 290 g/mol. The molecule has 0 amide bonds. The SMILES string of the molecule is COc1cccc(S(=O)(=O)Nc2cc(C)ccc2OC)c1. The molecule has 112 valence electrons. The van der Waals surface area contributed by atoms with Gasteiger partial charge in [-0.25, -0.2) is 8.42 Å². The molecule has 5 nitrogen and oxygen atoms in total. The third-order valence-corrected chi connectivity index (χ3v) is 4.31. The van der Waals surface area contributed by atoms with Crippen molar-refractivity contribution in [3.8, 4) is 11.5 Å². The van der Waals surface area contributed by atoms with Crippen LogP contribution in [0.4, 0.5) is 5.69 Å². The van der Waals surface area contributed by atoms with Gasteiger partial charge in [-0.15, -0.1) is 0 Å². The molecule has 0 heterocycles. The summed E-state index contributed by atoms with van der Waals surface area (Å²) in [6, 6.07) is 11.6. The van der Waals surface area contributed by atoms with E-state index in [2.05, 4.69) is 4.72 Å². The first kappa shape index (κ1) is 15.2. The van der Waals surface area contributed by atoms with Gasteiger partial charge in [0.2, 0.25) is 0 Å². The van der Waals surface area contributed by atoms with Crippen molar-refractivity contribution in [1.82, 2.24) is 0 Å². The van der Waals surface area contributed by atoms with Crippen molar-refractivity contribution >= 4 is 15.7 Å². The van der Waals surface area contributed by atoms with E-state index < -0.39 is 10.0 Å². The summed E-state index contributed by atoms with van der Waals surface area (Å²) in [5.74, 6) is 0.946. The number of sulfonamides is 1. The van der Waals surface area contributed by atoms with E-state index in [0.717, 1.165) is 5.56 Å². The molecule has 1 N–H and O–H groups in total. The number of anilines is 1. The van der Waals surface area contributed by atoms with E-state index in [1.807, 2.05) is 13.0 Å². The summed E-state index contributed by atoms with van der Waals surface area (Å²) in [5, 5.41) is 0. The molecule has 0 atom stereocenters. The van der Waals surface area contributed by atoms with Gasteiger partial charge in [0.1, 0.15) is 11.5 Å². The minimum atomic E-state index is -3.71. The fourth-order valence-electron chi connectivity index (χ4n) is 1.87. The van der Waals surface area contributed by atoms with E-state index in [0.29, 0.717) is 17.2 Å². The van der Waals surface area contributed by atoms with Crippen molar-refractivity contribution in [1.29, 1.82) is 0 Å². The van der Waals surface area contributed by atoms with E-state index in [4.69, 9.17) is 9.47 Å². The van der Waals surface area contributed by atoms with Crippen molar-refractivity contribution in [2.45, 2.75) is 11.8 Å². The number of ether oxygens (including phenoxy) is 2. The number of benzene rings is 2. The lowest BCUT2D eigenvalue weighted by atomic mass is 10.2. The second-order valence-electron chi connectivity index (χ2n) is 4.49. The molecule has 0 aliphatic carbocycles. The van der Waals surface area contributed by atoms with Gasteiger partial charge >= 0.3 is 0 Å². The number of aryl methyl sites for hydroxylation is 1. The normalized spacial score (nSPS) is 11.0. The lowest BCUT2D eigenvalue weighted by Crippen LogP contribution is -2.13. The molecule has 0 unspecified atom stereocenters. The highest BCUT2D eigenvalue weighted by Crippen LogP contribution is 2.28. The summed E-state index contributed by atoms with van der Waals surface area (Å²) in [4.78, 5) is 0.130. The van der Waals surface area contributed by atoms with E-state index in [1.54, 1.807) is 24.3 Å². The molecule has 0 spiro atoms. The first-order valence-corrected chi connectivity index (χ1v) is 7.76. The first-order valence-electron chi connectivity index (χ1n) is 6.28. The summed E-state index contributed by atoms with van der Waals surface area (Å²) < 4.78 is 37.6. The Balaban J connectivity index is 2.39. The quantitative estimate of drug-likeness (QED) is 0.922. The van der Waals surface area contributed by atoms with Crippen molar-refractivity contribution in [3.63, 3.8) is 0 Å². The molecule has 0 fully saturated rings. The van der Waals surface area contributed by atoms with Gasteiger partial charge in [0, 0.05) is 6.07 Å². The van der Waals surface area contributed by atoms with Crippen LogP contribution in [0.5, 0.6) is 11.5 Å². The minimum Gasteiger partial charge on any atom is -0.497 e. The third-order valence-electron chi connectivity index (χ3n) is 2.95. The molecule has 0 saturated carbocycles. The molecular formula is C15H17NO4S. The Morgan fingerprint density at radius 2 is 1.76 bits per heavy atom. The maximum atomic E-state index is 12.4. The summed E-state index contributed by atoms with van der Waals surface area (Å²) in [6.07, 6.45) is 0. The topological polar surface area (TPSA) is 64.6 Å². The molecule has 0 aromatic heterocycles. The zero-order chi connectivity index (χ0) is 15.5. The van der Waals surface area contributed by atoms with Crippen LogP contribution >= 0.6 is 0 Å². The predicted octanol–water partition coefficient (Wildman–Crippen LogP) is 2.81. The smallest absolute Gasteiger partial charge is 0.262 e. The zero-order valence-electron chi connectivity index (χ0n) is 12.1. The molecule has 2 aromatic carbocycles. The van der Waals surface area contributed by atoms with Gasteiger partial charge in [0.25, 0.3) is 10.0 Å². The van der Waals surface area contributed by atoms with E-state index in [9.17, 15) is 8.42 Å². The summed E-state index contributed by atoms with van der Waals surface area (Å²) in [7, 11) is -0.722. The number of methoxy groups -OCH3 is 2. The monoisotopic (exact) mass is 307 g/mol. The van der Waals surface area contributed by atoms with Crippen LogP contribution in [0, 0.1) is 6.92 Å². The molecule has 0 aliphatic heterocycles. The van der Waals surface area contributed by atoms with Crippen LogP contribution in [0.3, 0.4) is 0 Å². The highest BCUT2D eigenvalue weighted by Gasteiger charge is 2.17. The highest BCUT2D eigenvalue weighted by atomic mass is 32.2. The van der Waals surface area contributed by atoms with Crippen molar-refractivity contribution < 1.29 is 17.9 Å². The molecule has 0 aliphatic rings. The summed E-state index contributed by atoms with van der Waals surface area (Å²) in [6.45, 7) is 1.88. The van der Waals surface area contributed by atoms with Crippen LogP contribution in [0.2, 0.25) is 0 Å². The van der Waals surface area contributed by atoms with Crippen LogP contribution in [0.25, 0.3) is 0 Å². The minimum absolute atomic E-state index is 0.130. The lowest BCUT2D eigenvalue weighted by molar-refractivity contribution is 0.413. The molecule has 0 saturated heterocycles. The number of nitrogens with one attached hydrogen (secondary N) is 1.